The number of aryl methyl sites for hydroxylation is 1. The second-order valence-electron chi connectivity index (χ2n) is 8.36. The molecule has 3 rings (SSSR count). The molecule has 0 aliphatic carbocycles. The van der Waals surface area contributed by atoms with E-state index in [0.29, 0.717) is 0 Å². The highest BCUT2D eigenvalue weighted by atomic mass is 19.1. The van der Waals surface area contributed by atoms with E-state index in [2.05, 4.69) is 9.97 Å². The maximum absolute atomic E-state index is 13.5. The van der Waals surface area contributed by atoms with Crippen molar-refractivity contribution in [3.63, 3.8) is 0 Å². The number of carbonyl (C=O) groups excluding carboxylic acids is 1. The fourth-order valence-electron chi connectivity index (χ4n) is 3.75. The minimum absolute atomic E-state index is 0.00312. The molecule has 0 saturated carbocycles. The fraction of sp³-hybridized carbons (Fsp3) is 0.320. The van der Waals surface area contributed by atoms with Crippen molar-refractivity contribution >= 4 is 5.91 Å². The van der Waals surface area contributed by atoms with Crippen LogP contribution in [0.4, 0.5) is 8.78 Å². The zero-order valence-corrected chi connectivity index (χ0v) is 19.2. The van der Waals surface area contributed by atoms with E-state index in [9.17, 15) is 28.9 Å². The number of amides is 1. The highest BCUT2D eigenvalue weighted by Gasteiger charge is 2.24. The molecule has 0 aliphatic heterocycles. The number of aliphatic hydroxyl groups excluding tert-OH is 1. The lowest BCUT2D eigenvalue weighted by Gasteiger charge is -2.28. The van der Waals surface area contributed by atoms with E-state index >= 15 is 0 Å². The van der Waals surface area contributed by atoms with Gasteiger partial charge in [0.1, 0.15) is 11.6 Å². The molecule has 1 amide bonds. The van der Waals surface area contributed by atoms with Crippen molar-refractivity contribution in [3.8, 4) is 11.9 Å². The second kappa shape index (κ2) is 11.7. The predicted molar refractivity (Wildman–Crippen MR) is 124 cm³/mol. The molecule has 1 heterocycles. The van der Waals surface area contributed by atoms with Crippen molar-refractivity contribution in [2.24, 2.45) is 5.73 Å². The largest absolute Gasteiger partial charge is 0.493 e. The highest BCUT2D eigenvalue weighted by Crippen LogP contribution is 2.16. The van der Waals surface area contributed by atoms with Gasteiger partial charge in [-0.05, 0) is 41.7 Å². The van der Waals surface area contributed by atoms with Crippen LogP contribution in [0.5, 0.6) is 11.9 Å². The lowest BCUT2D eigenvalue weighted by molar-refractivity contribution is -0.132. The average molecular weight is 487 g/mol. The summed E-state index contributed by atoms with van der Waals surface area (Å²) in [4.78, 5) is 21.7. The lowest BCUT2D eigenvalue weighted by atomic mass is 10.0. The van der Waals surface area contributed by atoms with Gasteiger partial charge in [0.05, 0.1) is 18.2 Å². The van der Waals surface area contributed by atoms with Crippen LogP contribution in [0.1, 0.15) is 29.3 Å². The van der Waals surface area contributed by atoms with Crippen LogP contribution in [0.3, 0.4) is 0 Å². The molecular weight excluding hydrogens is 458 g/mol. The highest BCUT2D eigenvalue weighted by molar-refractivity contribution is 5.78. The molecule has 2 atom stereocenters. The third kappa shape index (κ3) is 7.69. The molecule has 5 N–H and O–H groups in total. The minimum Gasteiger partial charge on any atom is -0.493 e. The maximum atomic E-state index is 13.5. The fourth-order valence-corrected chi connectivity index (χ4v) is 3.75. The first-order valence-corrected chi connectivity index (χ1v) is 11.1. The van der Waals surface area contributed by atoms with E-state index < -0.39 is 41.6 Å². The average Bonchev–Trinajstić information content (AvgIpc) is 2.77. The molecule has 3 aromatic rings. The quantitative estimate of drug-likeness (QED) is 0.345. The van der Waals surface area contributed by atoms with Crippen LogP contribution in [-0.4, -0.2) is 54.8 Å². The first-order chi connectivity index (χ1) is 16.6. The Balaban J connectivity index is 1.78. The van der Waals surface area contributed by atoms with Crippen molar-refractivity contribution in [1.82, 2.24) is 14.9 Å². The van der Waals surface area contributed by atoms with Crippen molar-refractivity contribution in [2.75, 3.05) is 6.54 Å². The molecule has 0 radical (unpaired) electrons. The lowest BCUT2D eigenvalue weighted by Crippen LogP contribution is -2.46. The Kier molecular flexibility index (Phi) is 8.67. The van der Waals surface area contributed by atoms with Gasteiger partial charge in [-0.15, -0.1) is 0 Å². The van der Waals surface area contributed by atoms with Crippen molar-refractivity contribution in [2.45, 2.75) is 44.9 Å². The Bertz CT molecular complexity index is 1140. The van der Waals surface area contributed by atoms with Crippen LogP contribution >= 0.6 is 0 Å². The molecular formula is C25H28F2N4O4. The summed E-state index contributed by atoms with van der Waals surface area (Å²) in [5.41, 5.74) is 8.40. The Labute approximate surface area is 201 Å². The monoisotopic (exact) mass is 486 g/mol. The molecule has 0 aliphatic rings. The summed E-state index contributed by atoms with van der Waals surface area (Å²) < 4.78 is 27.0. The summed E-state index contributed by atoms with van der Waals surface area (Å²) in [6, 6.07) is 10.3. The van der Waals surface area contributed by atoms with Gasteiger partial charge in [0.15, 0.2) is 0 Å². The third-order valence-electron chi connectivity index (χ3n) is 5.51. The van der Waals surface area contributed by atoms with Crippen LogP contribution in [0, 0.1) is 11.6 Å². The Morgan fingerprint density at radius 2 is 1.71 bits per heavy atom. The summed E-state index contributed by atoms with van der Waals surface area (Å²) in [6.45, 7) is 2.01. The number of carbonyl (C=O) groups is 1. The smallest absolute Gasteiger partial charge is 0.317 e. The van der Waals surface area contributed by atoms with E-state index in [1.807, 2.05) is 31.2 Å². The van der Waals surface area contributed by atoms with Gasteiger partial charge in [-0.25, -0.2) is 8.78 Å². The van der Waals surface area contributed by atoms with Crippen LogP contribution in [-0.2, 0) is 30.6 Å². The molecule has 1 aromatic heterocycles. The molecule has 0 bridgehead atoms. The van der Waals surface area contributed by atoms with Gasteiger partial charge in [-0.3, -0.25) is 4.79 Å². The Morgan fingerprint density at radius 3 is 2.37 bits per heavy atom. The maximum Gasteiger partial charge on any atom is 0.317 e. The van der Waals surface area contributed by atoms with Crippen molar-refractivity contribution in [3.05, 3.63) is 82.5 Å². The third-order valence-corrected chi connectivity index (χ3v) is 5.51. The number of benzene rings is 2. The van der Waals surface area contributed by atoms with Crippen LogP contribution in [0.2, 0.25) is 0 Å². The Hall–Kier alpha value is -3.63. The first-order valence-electron chi connectivity index (χ1n) is 11.1. The molecule has 10 heteroatoms. The van der Waals surface area contributed by atoms with Gasteiger partial charge in [0, 0.05) is 31.3 Å². The molecule has 0 unspecified atom stereocenters. The van der Waals surface area contributed by atoms with E-state index in [4.69, 9.17) is 5.73 Å². The molecule has 35 heavy (non-hydrogen) atoms. The van der Waals surface area contributed by atoms with E-state index in [0.717, 1.165) is 41.8 Å². The van der Waals surface area contributed by atoms with Crippen molar-refractivity contribution in [1.29, 1.82) is 0 Å². The summed E-state index contributed by atoms with van der Waals surface area (Å²) in [5.74, 6) is -2.41. The molecule has 186 valence electrons. The number of nitrogens with two attached hydrogens (primary N) is 1. The first kappa shape index (κ1) is 26.0. The number of halogens is 2. The van der Waals surface area contributed by atoms with Gasteiger partial charge in [0.2, 0.25) is 11.8 Å². The topological polar surface area (TPSA) is 133 Å². The second-order valence-corrected chi connectivity index (χ2v) is 8.36. The normalized spacial score (nSPS) is 12.8. The zero-order valence-electron chi connectivity index (χ0n) is 19.2. The SMILES string of the molecule is CCc1cccc(CN(C[C@@H](O)[C@@H](N)Cc2cc(F)cc(F)c2)C(=O)Cc2cc(O)nc(O)n2)c1. The summed E-state index contributed by atoms with van der Waals surface area (Å²) in [7, 11) is 0. The zero-order chi connectivity index (χ0) is 25.5. The van der Waals surface area contributed by atoms with Crippen LogP contribution < -0.4 is 5.73 Å². The number of hydrogen-bond acceptors (Lipinski definition) is 7. The number of rotatable bonds is 10. The van der Waals surface area contributed by atoms with Crippen LogP contribution in [0.15, 0.2) is 48.5 Å². The number of aromatic nitrogens is 2. The molecule has 0 fully saturated rings. The standard InChI is InChI=1S/C25H28F2N4O4/c1-2-15-4-3-5-16(6-15)13-31(24(34)12-20-11-23(33)30-25(35)29-20)14-22(32)21(28)9-17-7-18(26)10-19(27)8-17/h3-8,10-11,21-22,32H,2,9,12-14,28H2,1H3,(H2,29,30,33,35)/t21-,22+/m0/s1. The number of aliphatic hydroxyl groups is 1. The van der Waals surface area contributed by atoms with Gasteiger partial charge >= 0.3 is 6.01 Å². The molecule has 0 saturated heterocycles. The predicted octanol–water partition coefficient (Wildman–Crippen LogP) is 2.23. The molecule has 2 aromatic carbocycles. The van der Waals surface area contributed by atoms with Crippen LogP contribution in [0.25, 0.3) is 0 Å². The van der Waals surface area contributed by atoms with Gasteiger partial charge < -0.3 is 26.0 Å². The van der Waals surface area contributed by atoms with E-state index in [1.54, 1.807) is 0 Å². The summed E-state index contributed by atoms with van der Waals surface area (Å²) >= 11 is 0. The van der Waals surface area contributed by atoms with Crippen molar-refractivity contribution < 1.29 is 28.9 Å². The number of nitrogens with zero attached hydrogens (tertiary/aromatic N) is 3. The molecule has 0 spiro atoms. The Morgan fingerprint density at radius 1 is 1.03 bits per heavy atom. The summed E-state index contributed by atoms with van der Waals surface area (Å²) in [5, 5.41) is 29.9. The van der Waals surface area contributed by atoms with Gasteiger partial charge in [-0.1, -0.05) is 31.2 Å². The summed E-state index contributed by atoms with van der Waals surface area (Å²) in [6.07, 6.45) is -0.670. The number of aromatic hydroxyl groups is 2. The number of hydrogen-bond donors (Lipinski definition) is 4. The molecule has 8 nitrogen and oxygen atoms in total. The van der Waals surface area contributed by atoms with E-state index in [1.165, 1.54) is 4.90 Å². The van der Waals surface area contributed by atoms with E-state index in [-0.39, 0.29) is 37.2 Å². The van der Waals surface area contributed by atoms with Gasteiger partial charge in [-0.2, -0.15) is 9.97 Å². The van der Waals surface area contributed by atoms with Gasteiger partial charge in [0.25, 0.3) is 0 Å². The minimum atomic E-state index is -1.20.